The smallest absolute Gasteiger partial charge is 0.408 e. The molecule has 4 unspecified atom stereocenters. The molecule has 0 bridgehead atoms. The minimum atomic E-state index is -1.02. The van der Waals surface area contributed by atoms with Crippen LogP contribution < -0.4 is 16.0 Å². The molecule has 2 aromatic rings. The summed E-state index contributed by atoms with van der Waals surface area (Å²) in [5.74, 6) is -1.34. The average Bonchev–Trinajstić information content (AvgIpc) is 3.37. The Hall–Kier alpha value is -3.59. The molecule has 2 saturated carbocycles. The van der Waals surface area contributed by atoms with Gasteiger partial charge in [0.1, 0.15) is 18.2 Å². The number of carbonyl (C=O) groups excluding carboxylic acids is 4. The van der Waals surface area contributed by atoms with E-state index in [0.29, 0.717) is 24.3 Å². The van der Waals surface area contributed by atoms with Crippen LogP contribution in [-0.4, -0.2) is 48.6 Å². The molecule has 2 aromatic carbocycles. The normalized spacial score (nSPS) is 21.2. The molecule has 4 atom stereocenters. The third kappa shape index (κ3) is 9.72. The molecule has 47 heavy (non-hydrogen) atoms. The Morgan fingerprint density at radius 3 is 2.34 bits per heavy atom. The van der Waals surface area contributed by atoms with Gasteiger partial charge in [0.25, 0.3) is 0 Å². The van der Waals surface area contributed by atoms with E-state index in [4.69, 9.17) is 21.1 Å². The number of esters is 1. The van der Waals surface area contributed by atoms with Gasteiger partial charge in [-0.25, -0.2) is 9.59 Å². The minimum Gasteiger partial charge on any atom is -0.467 e. The molecule has 1 saturated heterocycles. The molecule has 1 heterocycles. The second-order valence-corrected chi connectivity index (χ2v) is 14.1. The second-order valence-electron chi connectivity index (χ2n) is 13.6. The number of amides is 3. The van der Waals surface area contributed by atoms with E-state index in [9.17, 15) is 19.2 Å². The molecule has 10 heteroatoms. The summed E-state index contributed by atoms with van der Waals surface area (Å²) in [7, 11) is 1.28. The van der Waals surface area contributed by atoms with Crippen molar-refractivity contribution in [2.45, 2.75) is 114 Å². The van der Waals surface area contributed by atoms with Crippen LogP contribution in [0.5, 0.6) is 0 Å². The highest BCUT2D eigenvalue weighted by atomic mass is 35.5. The predicted molar refractivity (Wildman–Crippen MR) is 180 cm³/mol. The van der Waals surface area contributed by atoms with Gasteiger partial charge >= 0.3 is 12.1 Å². The number of carbonyl (C=O) groups is 4. The summed E-state index contributed by atoms with van der Waals surface area (Å²) in [6.45, 7) is 0. The fourth-order valence-electron chi connectivity index (χ4n) is 7.71. The number of benzene rings is 2. The van der Waals surface area contributed by atoms with Crippen molar-refractivity contribution in [2.75, 3.05) is 7.11 Å². The maximum Gasteiger partial charge on any atom is 0.408 e. The Morgan fingerprint density at radius 2 is 1.64 bits per heavy atom. The van der Waals surface area contributed by atoms with Crippen LogP contribution in [0.2, 0.25) is 5.02 Å². The van der Waals surface area contributed by atoms with E-state index in [0.717, 1.165) is 75.3 Å². The third-order valence-corrected chi connectivity index (χ3v) is 10.4. The number of rotatable bonds is 12. The van der Waals surface area contributed by atoms with Crippen LogP contribution in [0.3, 0.4) is 0 Å². The molecule has 3 amide bonds. The summed E-state index contributed by atoms with van der Waals surface area (Å²) in [4.78, 5) is 53.4. The number of halogens is 1. The molecule has 1 spiro atoms. The van der Waals surface area contributed by atoms with Crippen LogP contribution in [-0.2, 0) is 30.3 Å². The van der Waals surface area contributed by atoms with Gasteiger partial charge in [0, 0.05) is 22.9 Å². The zero-order valence-electron chi connectivity index (χ0n) is 27.3. The first-order valence-corrected chi connectivity index (χ1v) is 17.6. The molecule has 1 aliphatic heterocycles. The Labute approximate surface area is 282 Å². The lowest BCUT2D eigenvalue weighted by atomic mass is 9.78. The first-order valence-electron chi connectivity index (χ1n) is 17.2. The van der Waals surface area contributed by atoms with Gasteiger partial charge in [-0.2, -0.15) is 0 Å². The summed E-state index contributed by atoms with van der Waals surface area (Å²) < 4.78 is 11.1. The molecule has 3 aliphatic rings. The molecule has 3 N–H and O–H groups in total. The largest absolute Gasteiger partial charge is 0.467 e. The second kappa shape index (κ2) is 16.5. The molecule has 3 fully saturated rings. The highest BCUT2D eigenvalue weighted by Crippen LogP contribution is 2.39. The van der Waals surface area contributed by atoms with E-state index in [1.807, 2.05) is 48.5 Å². The van der Waals surface area contributed by atoms with Crippen molar-refractivity contribution in [3.63, 3.8) is 0 Å². The van der Waals surface area contributed by atoms with E-state index in [-0.39, 0.29) is 23.8 Å². The number of methoxy groups -OCH3 is 1. The van der Waals surface area contributed by atoms with E-state index in [1.165, 1.54) is 7.11 Å². The lowest BCUT2D eigenvalue weighted by molar-refractivity contribution is -0.146. The standard InChI is InChI=1S/C37H48ClN3O6/c1-46-35(44)31(23-28-24-37(41-33(28)42)18-9-4-10-19-37)39-34(43)30(21-25-12-5-2-6-13-25)40-36(45)47-32(27-15-7-3-8-16-27)22-26-14-11-17-29(38)20-26/h3,7-8,11,14-17,20,25,28,30-32H,2,4-6,9-10,12-13,18-19,21-24H2,1H3,(H,39,43)(H,40,45)(H,41,42). The fourth-order valence-corrected chi connectivity index (χ4v) is 7.92. The van der Waals surface area contributed by atoms with Gasteiger partial charge < -0.3 is 25.4 Å². The SMILES string of the molecule is COC(=O)C(CC1CC2(CCCCC2)NC1=O)NC(=O)C(CC1CCCCC1)NC(=O)OC(Cc1cccc(Cl)c1)c1ccccc1. The van der Waals surface area contributed by atoms with Crippen LogP contribution in [0, 0.1) is 11.8 Å². The summed E-state index contributed by atoms with van der Waals surface area (Å²) >= 11 is 6.23. The Balaban J connectivity index is 1.29. The summed E-state index contributed by atoms with van der Waals surface area (Å²) in [5.41, 5.74) is 1.50. The minimum absolute atomic E-state index is 0.0813. The highest BCUT2D eigenvalue weighted by Gasteiger charge is 2.46. The summed E-state index contributed by atoms with van der Waals surface area (Å²) in [6.07, 6.45) is 10.6. The molecule has 0 radical (unpaired) electrons. The van der Waals surface area contributed by atoms with Crippen LogP contribution in [0.1, 0.15) is 101 Å². The maximum absolute atomic E-state index is 13.9. The molecule has 5 rings (SSSR count). The lowest BCUT2D eigenvalue weighted by Crippen LogP contribution is -2.53. The highest BCUT2D eigenvalue weighted by molar-refractivity contribution is 6.30. The first kappa shape index (κ1) is 34.7. The number of hydrogen-bond donors (Lipinski definition) is 3. The van der Waals surface area contributed by atoms with E-state index >= 15 is 0 Å². The van der Waals surface area contributed by atoms with Crippen LogP contribution in [0.15, 0.2) is 54.6 Å². The van der Waals surface area contributed by atoms with Gasteiger partial charge in [-0.1, -0.05) is 105 Å². The van der Waals surface area contributed by atoms with E-state index < -0.39 is 42.1 Å². The van der Waals surface area contributed by atoms with Gasteiger partial charge in [-0.15, -0.1) is 0 Å². The van der Waals surface area contributed by atoms with E-state index in [1.54, 1.807) is 6.07 Å². The van der Waals surface area contributed by atoms with Crippen molar-refractivity contribution in [3.05, 3.63) is 70.7 Å². The Morgan fingerprint density at radius 1 is 0.915 bits per heavy atom. The molecule has 9 nitrogen and oxygen atoms in total. The topological polar surface area (TPSA) is 123 Å². The van der Waals surface area contributed by atoms with Gasteiger partial charge in [0.15, 0.2) is 0 Å². The summed E-state index contributed by atoms with van der Waals surface area (Å²) in [6, 6.07) is 14.9. The van der Waals surface area contributed by atoms with Crippen molar-refractivity contribution < 1.29 is 28.7 Å². The molecule has 2 aliphatic carbocycles. The number of ether oxygens (including phenoxy) is 2. The Bertz CT molecular complexity index is 1380. The van der Waals surface area contributed by atoms with Crippen LogP contribution in [0.4, 0.5) is 4.79 Å². The lowest BCUT2D eigenvalue weighted by Gasteiger charge is -2.33. The zero-order chi connectivity index (χ0) is 33.2. The van der Waals surface area contributed by atoms with Crippen LogP contribution >= 0.6 is 11.6 Å². The fraction of sp³-hybridized carbons (Fsp3) is 0.568. The predicted octanol–water partition coefficient (Wildman–Crippen LogP) is 6.58. The Kier molecular flexibility index (Phi) is 12.2. The molecular weight excluding hydrogens is 618 g/mol. The third-order valence-electron chi connectivity index (χ3n) is 10.2. The van der Waals surface area contributed by atoms with Gasteiger partial charge in [0.05, 0.1) is 7.11 Å². The van der Waals surface area contributed by atoms with E-state index in [2.05, 4.69) is 16.0 Å². The molecule has 254 valence electrons. The average molecular weight is 666 g/mol. The quantitative estimate of drug-likeness (QED) is 0.220. The van der Waals surface area contributed by atoms with Gasteiger partial charge in [-0.05, 0) is 61.3 Å². The van der Waals surface area contributed by atoms with Gasteiger partial charge in [-0.3, -0.25) is 9.59 Å². The van der Waals surface area contributed by atoms with Crippen molar-refractivity contribution >= 4 is 35.5 Å². The van der Waals surface area contributed by atoms with Crippen molar-refractivity contribution in [2.24, 2.45) is 11.8 Å². The van der Waals surface area contributed by atoms with Crippen molar-refractivity contribution in [3.8, 4) is 0 Å². The van der Waals surface area contributed by atoms with Crippen molar-refractivity contribution in [1.29, 1.82) is 0 Å². The summed E-state index contributed by atoms with van der Waals surface area (Å²) in [5, 5.41) is 9.49. The molecular formula is C37H48ClN3O6. The number of nitrogens with one attached hydrogen (secondary N) is 3. The number of alkyl carbamates (subject to hydrolysis) is 1. The zero-order valence-corrected chi connectivity index (χ0v) is 28.1. The monoisotopic (exact) mass is 665 g/mol. The van der Waals surface area contributed by atoms with Gasteiger partial charge in [0.2, 0.25) is 11.8 Å². The van der Waals surface area contributed by atoms with Crippen molar-refractivity contribution in [1.82, 2.24) is 16.0 Å². The maximum atomic E-state index is 13.9. The van der Waals surface area contributed by atoms with Crippen LogP contribution in [0.25, 0.3) is 0 Å². The first-order chi connectivity index (χ1) is 22.7. The molecule has 0 aromatic heterocycles. The number of hydrogen-bond acceptors (Lipinski definition) is 6.